The third-order valence-corrected chi connectivity index (χ3v) is 3.94. The second-order valence-electron chi connectivity index (χ2n) is 6.86. The van der Waals surface area contributed by atoms with Crippen molar-refractivity contribution in [2.45, 2.75) is 32.4 Å². The molecule has 1 atom stereocenters. The number of hydrogen-bond donors (Lipinski definition) is 1. The van der Waals surface area contributed by atoms with Crippen LogP contribution in [-0.4, -0.2) is 57.6 Å². The zero-order valence-electron chi connectivity index (χ0n) is 15.8. The van der Waals surface area contributed by atoms with Gasteiger partial charge in [-0.1, -0.05) is 0 Å². The summed E-state index contributed by atoms with van der Waals surface area (Å²) in [5, 5.41) is 3.42. The molecule has 0 unspecified atom stereocenters. The Morgan fingerprint density at radius 2 is 1.80 bits per heavy atom. The van der Waals surface area contributed by atoms with Crippen LogP contribution >= 0.6 is 0 Å². The van der Waals surface area contributed by atoms with Gasteiger partial charge in [0.05, 0.1) is 27.4 Å². The topological polar surface area (TPSA) is 69.3 Å². The van der Waals surface area contributed by atoms with E-state index in [4.69, 9.17) is 18.9 Å². The van der Waals surface area contributed by atoms with Gasteiger partial charge >= 0.3 is 6.09 Å². The van der Waals surface area contributed by atoms with E-state index >= 15 is 0 Å². The fraction of sp³-hybridized carbons (Fsp3) is 0.611. The molecule has 1 N–H and O–H groups in total. The third-order valence-electron chi connectivity index (χ3n) is 3.94. The normalized spacial score (nSPS) is 17.8. The van der Waals surface area contributed by atoms with Gasteiger partial charge in [-0.15, -0.1) is 0 Å². The van der Waals surface area contributed by atoms with Gasteiger partial charge in [-0.3, -0.25) is 0 Å². The number of piperazine rings is 1. The average Bonchev–Trinajstić information content (AvgIpc) is 2.58. The number of carbonyl (C=O) groups excluding carboxylic acids is 1. The molecule has 25 heavy (non-hydrogen) atoms. The lowest BCUT2D eigenvalue weighted by Crippen LogP contribution is -2.49. The Kier molecular flexibility index (Phi) is 6.00. The summed E-state index contributed by atoms with van der Waals surface area (Å²) in [6.07, 6.45) is -0.307. The van der Waals surface area contributed by atoms with E-state index in [-0.39, 0.29) is 12.1 Å². The van der Waals surface area contributed by atoms with Crippen LogP contribution < -0.4 is 19.5 Å². The number of carbonyl (C=O) groups is 1. The molecule has 0 aliphatic carbocycles. The minimum atomic E-state index is -0.515. The largest absolute Gasteiger partial charge is 0.493 e. The molecule has 1 aromatic carbocycles. The van der Waals surface area contributed by atoms with E-state index in [0.717, 1.165) is 5.56 Å². The van der Waals surface area contributed by atoms with Crippen LogP contribution in [0.25, 0.3) is 0 Å². The number of benzene rings is 1. The first-order valence-corrected chi connectivity index (χ1v) is 8.31. The van der Waals surface area contributed by atoms with Crippen molar-refractivity contribution in [2.24, 2.45) is 0 Å². The Morgan fingerprint density at radius 3 is 2.36 bits per heavy atom. The first-order valence-electron chi connectivity index (χ1n) is 8.31. The molecule has 1 aliphatic rings. The predicted molar refractivity (Wildman–Crippen MR) is 94.6 cm³/mol. The van der Waals surface area contributed by atoms with Crippen LogP contribution in [0.2, 0.25) is 0 Å². The summed E-state index contributed by atoms with van der Waals surface area (Å²) in [4.78, 5) is 14.1. The van der Waals surface area contributed by atoms with Crippen molar-refractivity contribution < 1.29 is 23.7 Å². The minimum absolute atomic E-state index is 0.0870. The van der Waals surface area contributed by atoms with Gasteiger partial charge in [-0.25, -0.2) is 4.79 Å². The molecular formula is C18H28N2O5. The molecule has 1 heterocycles. The second kappa shape index (κ2) is 7.82. The van der Waals surface area contributed by atoms with Gasteiger partial charge in [0.1, 0.15) is 5.60 Å². The first-order chi connectivity index (χ1) is 11.8. The molecule has 1 saturated heterocycles. The van der Waals surface area contributed by atoms with Crippen LogP contribution in [0.4, 0.5) is 4.79 Å². The van der Waals surface area contributed by atoms with Gasteiger partial charge in [0, 0.05) is 25.2 Å². The van der Waals surface area contributed by atoms with Gasteiger partial charge in [0.25, 0.3) is 0 Å². The number of nitrogens with one attached hydrogen (secondary N) is 1. The van der Waals surface area contributed by atoms with Gasteiger partial charge < -0.3 is 29.2 Å². The molecular weight excluding hydrogens is 324 g/mol. The lowest BCUT2D eigenvalue weighted by molar-refractivity contribution is 0.0194. The fourth-order valence-corrected chi connectivity index (χ4v) is 2.85. The maximum atomic E-state index is 12.4. The van der Waals surface area contributed by atoms with Crippen molar-refractivity contribution >= 4 is 6.09 Å². The van der Waals surface area contributed by atoms with Crippen molar-refractivity contribution in [1.82, 2.24) is 10.2 Å². The summed E-state index contributed by atoms with van der Waals surface area (Å²) in [7, 11) is 4.75. The highest BCUT2D eigenvalue weighted by Gasteiger charge is 2.30. The predicted octanol–water partition coefficient (Wildman–Crippen LogP) is 2.59. The molecule has 0 bridgehead atoms. The van der Waals surface area contributed by atoms with Crippen molar-refractivity contribution in [3.8, 4) is 17.2 Å². The number of nitrogens with zero attached hydrogens (tertiary/aromatic N) is 1. The van der Waals surface area contributed by atoms with Crippen LogP contribution in [0.1, 0.15) is 32.4 Å². The average molecular weight is 352 g/mol. The van der Waals surface area contributed by atoms with E-state index in [1.165, 1.54) is 0 Å². The van der Waals surface area contributed by atoms with Crippen molar-refractivity contribution in [1.29, 1.82) is 0 Å². The Hall–Kier alpha value is -2.15. The molecule has 1 aliphatic heterocycles. The van der Waals surface area contributed by atoms with E-state index in [9.17, 15) is 4.79 Å². The number of amides is 1. The van der Waals surface area contributed by atoms with Crippen LogP contribution in [0.3, 0.4) is 0 Å². The number of methoxy groups -OCH3 is 3. The number of hydrogen-bond acceptors (Lipinski definition) is 6. The Bertz CT molecular complexity index is 612. The molecule has 2 rings (SSSR count). The second-order valence-corrected chi connectivity index (χ2v) is 6.86. The van der Waals surface area contributed by atoms with Gasteiger partial charge in [0.2, 0.25) is 5.75 Å². The van der Waals surface area contributed by atoms with E-state index in [2.05, 4.69) is 5.32 Å². The molecule has 0 spiro atoms. The highest BCUT2D eigenvalue weighted by molar-refractivity contribution is 5.68. The van der Waals surface area contributed by atoms with Crippen LogP contribution in [-0.2, 0) is 4.74 Å². The van der Waals surface area contributed by atoms with E-state index in [0.29, 0.717) is 36.9 Å². The zero-order chi connectivity index (χ0) is 18.6. The molecule has 1 aromatic rings. The Morgan fingerprint density at radius 1 is 1.12 bits per heavy atom. The molecule has 7 nitrogen and oxygen atoms in total. The fourth-order valence-electron chi connectivity index (χ4n) is 2.85. The van der Waals surface area contributed by atoms with Crippen molar-refractivity contribution in [3.63, 3.8) is 0 Å². The summed E-state index contributed by atoms with van der Waals surface area (Å²) in [5.41, 5.74) is 0.395. The summed E-state index contributed by atoms with van der Waals surface area (Å²) < 4.78 is 21.8. The van der Waals surface area contributed by atoms with Gasteiger partial charge in [-0.2, -0.15) is 0 Å². The highest BCUT2D eigenvalue weighted by atomic mass is 16.6. The van der Waals surface area contributed by atoms with Gasteiger partial charge in [-0.05, 0) is 32.9 Å². The summed E-state index contributed by atoms with van der Waals surface area (Å²) in [6.45, 7) is 7.34. The number of ether oxygens (including phenoxy) is 4. The van der Waals surface area contributed by atoms with Crippen LogP contribution in [0.5, 0.6) is 17.2 Å². The Labute approximate surface area is 149 Å². The summed E-state index contributed by atoms with van der Waals surface area (Å²) in [5.74, 6) is 1.74. The maximum absolute atomic E-state index is 12.4. The molecule has 0 saturated carbocycles. The van der Waals surface area contributed by atoms with Crippen LogP contribution in [0.15, 0.2) is 12.1 Å². The molecule has 1 amide bonds. The van der Waals surface area contributed by atoms with E-state index in [1.807, 2.05) is 32.9 Å². The molecule has 140 valence electrons. The third kappa shape index (κ3) is 4.48. The summed E-state index contributed by atoms with van der Waals surface area (Å²) in [6, 6.07) is 3.68. The monoisotopic (exact) mass is 352 g/mol. The standard InChI is InChI=1S/C18H28N2O5/c1-18(2,3)25-17(21)20-10-9-19-13(11-20)12-7-8-14(22-4)16(24-6)15(12)23-5/h7-8,13,19H,9-11H2,1-6H3/t13-/m0/s1. The lowest BCUT2D eigenvalue weighted by Gasteiger charge is -2.35. The zero-order valence-corrected chi connectivity index (χ0v) is 15.8. The molecule has 0 aromatic heterocycles. The van der Waals surface area contributed by atoms with E-state index in [1.54, 1.807) is 26.2 Å². The van der Waals surface area contributed by atoms with Crippen molar-refractivity contribution in [2.75, 3.05) is 41.0 Å². The summed E-state index contributed by atoms with van der Waals surface area (Å²) >= 11 is 0. The maximum Gasteiger partial charge on any atom is 0.410 e. The smallest absolute Gasteiger partial charge is 0.410 e. The molecule has 1 fully saturated rings. The van der Waals surface area contributed by atoms with Gasteiger partial charge in [0.15, 0.2) is 11.5 Å². The lowest BCUT2D eigenvalue weighted by atomic mass is 10.0. The Balaban J connectivity index is 2.25. The van der Waals surface area contributed by atoms with Crippen molar-refractivity contribution in [3.05, 3.63) is 17.7 Å². The van der Waals surface area contributed by atoms with Crippen LogP contribution in [0, 0.1) is 0 Å². The first kappa shape index (κ1) is 19.2. The minimum Gasteiger partial charge on any atom is -0.493 e. The number of rotatable bonds is 4. The molecule has 7 heteroatoms. The SMILES string of the molecule is COc1ccc([C@@H]2CN(C(=O)OC(C)(C)C)CCN2)c(OC)c1OC. The van der Waals surface area contributed by atoms with E-state index < -0.39 is 5.60 Å². The quantitative estimate of drug-likeness (QED) is 0.898. The highest BCUT2D eigenvalue weighted by Crippen LogP contribution is 2.42. The molecule has 0 radical (unpaired) electrons.